The molecule has 4 amide bonds. The molecule has 1 aromatic rings. The Kier molecular flexibility index (Phi) is 15.8. The summed E-state index contributed by atoms with van der Waals surface area (Å²) in [6, 6.07) is 3.26. The van der Waals surface area contributed by atoms with Gasteiger partial charge in [-0.15, -0.1) is 0 Å². The predicted octanol–water partition coefficient (Wildman–Crippen LogP) is 4.49. The third-order valence-electron chi connectivity index (χ3n) is 11.7. The zero-order chi connectivity index (χ0) is 37.8. The molecule has 290 valence electrons. The summed E-state index contributed by atoms with van der Waals surface area (Å²) in [6.45, 7) is 3.94. The maximum Gasteiger partial charge on any atom is 0.326 e. The molecular weight excluding hydrogens is 660 g/mol. The molecular formula is C40H64N6O6. The summed E-state index contributed by atoms with van der Waals surface area (Å²) in [5.41, 5.74) is 13.7. The summed E-state index contributed by atoms with van der Waals surface area (Å²) in [4.78, 5) is 67.9. The van der Waals surface area contributed by atoms with Crippen LogP contribution in [0, 0.1) is 23.7 Å². The van der Waals surface area contributed by atoms with Gasteiger partial charge in [-0.25, -0.2) is 4.79 Å². The topological polar surface area (TPSA) is 197 Å². The summed E-state index contributed by atoms with van der Waals surface area (Å²) in [7, 11) is 1.59. The number of hydrogen-bond donors (Lipinski definition) is 6. The van der Waals surface area contributed by atoms with Crippen molar-refractivity contribution in [1.29, 1.82) is 0 Å². The molecule has 4 rings (SSSR count). The van der Waals surface area contributed by atoms with E-state index < -0.39 is 53.9 Å². The molecule has 1 aromatic carbocycles. The van der Waals surface area contributed by atoms with Gasteiger partial charge in [0.25, 0.3) is 0 Å². The molecule has 0 saturated heterocycles. The highest BCUT2D eigenvalue weighted by Gasteiger charge is 2.40. The van der Waals surface area contributed by atoms with Crippen molar-refractivity contribution in [3.05, 3.63) is 29.8 Å². The smallest absolute Gasteiger partial charge is 0.326 e. The van der Waals surface area contributed by atoms with E-state index in [1.807, 2.05) is 38.1 Å². The van der Waals surface area contributed by atoms with Crippen LogP contribution < -0.4 is 27.4 Å². The minimum absolute atomic E-state index is 0.0869. The lowest BCUT2D eigenvalue weighted by molar-refractivity contribution is -0.143. The molecule has 3 aliphatic rings. The van der Waals surface area contributed by atoms with Gasteiger partial charge >= 0.3 is 5.97 Å². The van der Waals surface area contributed by atoms with E-state index in [9.17, 15) is 29.1 Å². The molecule has 0 radical (unpaired) electrons. The van der Waals surface area contributed by atoms with Crippen LogP contribution in [-0.4, -0.2) is 76.9 Å². The van der Waals surface area contributed by atoms with Crippen molar-refractivity contribution in [2.75, 3.05) is 12.4 Å². The number of likely N-dealkylation sites (N-methyl/N-ethyl adjacent to an activating group) is 1. The van der Waals surface area contributed by atoms with Crippen molar-refractivity contribution in [2.45, 2.75) is 153 Å². The van der Waals surface area contributed by atoms with Crippen molar-refractivity contribution in [3.63, 3.8) is 0 Å². The molecule has 12 nitrogen and oxygen atoms in total. The second kappa shape index (κ2) is 20.0. The number of amides is 4. The van der Waals surface area contributed by atoms with Gasteiger partial charge in [0.05, 0.1) is 6.04 Å². The first-order valence-corrected chi connectivity index (χ1v) is 19.9. The van der Waals surface area contributed by atoms with E-state index in [2.05, 4.69) is 16.0 Å². The van der Waals surface area contributed by atoms with Crippen LogP contribution in [0.5, 0.6) is 0 Å². The van der Waals surface area contributed by atoms with E-state index in [1.54, 1.807) is 7.05 Å². The maximum atomic E-state index is 14.2. The summed E-state index contributed by atoms with van der Waals surface area (Å²) in [6.07, 6.45) is 14.7. The second-order valence-corrected chi connectivity index (χ2v) is 16.1. The lowest BCUT2D eigenvalue weighted by Gasteiger charge is -2.37. The Labute approximate surface area is 310 Å². The Morgan fingerprint density at radius 2 is 1.19 bits per heavy atom. The first kappa shape index (κ1) is 41.1. The molecule has 3 fully saturated rings. The lowest BCUT2D eigenvalue weighted by Crippen LogP contribution is -2.61. The minimum atomic E-state index is -0.930. The predicted molar refractivity (Wildman–Crippen MR) is 202 cm³/mol. The highest BCUT2D eigenvalue weighted by Crippen LogP contribution is 2.31. The van der Waals surface area contributed by atoms with E-state index in [0.29, 0.717) is 12.1 Å². The Balaban J connectivity index is 1.45. The van der Waals surface area contributed by atoms with Crippen LogP contribution in [0.1, 0.15) is 122 Å². The molecule has 8 N–H and O–H groups in total. The first-order valence-electron chi connectivity index (χ1n) is 19.9. The summed E-state index contributed by atoms with van der Waals surface area (Å²) in [5.74, 6) is -2.56. The molecule has 3 saturated carbocycles. The van der Waals surface area contributed by atoms with E-state index in [4.69, 9.17) is 11.5 Å². The zero-order valence-corrected chi connectivity index (χ0v) is 31.6. The van der Waals surface area contributed by atoms with Gasteiger partial charge in [-0.3, -0.25) is 19.2 Å². The number of nitrogens with one attached hydrogen (secondary N) is 3. The molecule has 5 atom stereocenters. The SMILES string of the molecule is CC(C)C[C@H](C(N)=O)N(C)C(=O)[C@H](NC(=O)[C@H](NC(=O)[C@H](N)Cc1ccc(N[C@@H](C(=O)O)C2CCCCC2)cc1)C1CCCCC1)C1CCCCC1. The van der Waals surface area contributed by atoms with Crippen molar-refractivity contribution in [3.8, 4) is 0 Å². The van der Waals surface area contributed by atoms with Crippen molar-refractivity contribution in [2.24, 2.45) is 35.1 Å². The number of carbonyl (C=O) groups excluding carboxylic acids is 4. The van der Waals surface area contributed by atoms with Crippen molar-refractivity contribution in [1.82, 2.24) is 15.5 Å². The van der Waals surface area contributed by atoms with Crippen LogP contribution in [0.4, 0.5) is 5.69 Å². The number of rotatable bonds is 17. The van der Waals surface area contributed by atoms with Gasteiger partial charge in [0.15, 0.2) is 0 Å². The zero-order valence-electron chi connectivity index (χ0n) is 31.6. The molecule has 12 heteroatoms. The van der Waals surface area contributed by atoms with E-state index in [-0.39, 0.29) is 36.0 Å². The second-order valence-electron chi connectivity index (χ2n) is 16.1. The Bertz CT molecular complexity index is 1340. The monoisotopic (exact) mass is 724 g/mol. The number of benzene rings is 1. The maximum absolute atomic E-state index is 14.2. The molecule has 52 heavy (non-hydrogen) atoms. The normalized spacial score (nSPS) is 20.6. The fourth-order valence-corrected chi connectivity index (χ4v) is 8.61. The van der Waals surface area contributed by atoms with E-state index in [1.165, 1.54) is 4.90 Å². The van der Waals surface area contributed by atoms with E-state index in [0.717, 1.165) is 102 Å². The molecule has 0 spiro atoms. The number of hydrogen-bond acceptors (Lipinski definition) is 7. The van der Waals surface area contributed by atoms with Crippen LogP contribution in [0.2, 0.25) is 0 Å². The van der Waals surface area contributed by atoms with Crippen LogP contribution in [0.15, 0.2) is 24.3 Å². The number of nitrogens with zero attached hydrogens (tertiary/aromatic N) is 1. The van der Waals surface area contributed by atoms with Crippen LogP contribution in [-0.2, 0) is 30.4 Å². The third kappa shape index (κ3) is 11.7. The fraction of sp³-hybridized carbons (Fsp3) is 0.725. The molecule has 3 aliphatic carbocycles. The van der Waals surface area contributed by atoms with Gasteiger partial charge < -0.3 is 37.4 Å². The molecule has 0 aliphatic heterocycles. The quantitative estimate of drug-likeness (QED) is 0.135. The highest BCUT2D eigenvalue weighted by atomic mass is 16.4. The molecule has 0 unspecified atom stereocenters. The van der Waals surface area contributed by atoms with Crippen molar-refractivity contribution < 1.29 is 29.1 Å². The number of carboxylic acids is 1. The summed E-state index contributed by atoms with van der Waals surface area (Å²) < 4.78 is 0. The number of carbonyl (C=O) groups is 5. The molecule has 0 aromatic heterocycles. The average Bonchev–Trinajstić information content (AvgIpc) is 3.14. The molecule has 0 bridgehead atoms. The lowest BCUT2D eigenvalue weighted by atomic mass is 9.81. The minimum Gasteiger partial charge on any atom is -0.480 e. The van der Waals surface area contributed by atoms with Crippen LogP contribution in [0.3, 0.4) is 0 Å². The van der Waals surface area contributed by atoms with Gasteiger partial charge in [0.2, 0.25) is 23.6 Å². The van der Waals surface area contributed by atoms with Gasteiger partial charge in [-0.2, -0.15) is 0 Å². The van der Waals surface area contributed by atoms with Gasteiger partial charge in [-0.1, -0.05) is 83.8 Å². The number of aliphatic carboxylic acids is 1. The molecule has 0 heterocycles. The van der Waals surface area contributed by atoms with E-state index >= 15 is 0 Å². The average molecular weight is 725 g/mol. The Hall–Kier alpha value is -3.67. The summed E-state index contributed by atoms with van der Waals surface area (Å²) >= 11 is 0. The Morgan fingerprint density at radius 1 is 0.731 bits per heavy atom. The van der Waals surface area contributed by atoms with Gasteiger partial charge in [-0.05, 0) is 92.7 Å². The number of anilines is 1. The van der Waals surface area contributed by atoms with Gasteiger partial charge in [0, 0.05) is 12.7 Å². The van der Waals surface area contributed by atoms with Crippen LogP contribution >= 0.6 is 0 Å². The van der Waals surface area contributed by atoms with Crippen LogP contribution in [0.25, 0.3) is 0 Å². The third-order valence-corrected chi connectivity index (χ3v) is 11.7. The standard InChI is InChI=1S/C40H64N6O6/c1-25(2)23-32(36(42)47)46(3)39(50)34(28-15-9-5-10-16-28)45-38(49)33(27-13-7-4-8-14-27)44-37(48)31(41)24-26-19-21-30(22-20-26)43-35(40(51)52)29-17-11-6-12-18-29/h19-22,25,27-29,31-35,43H,4-18,23-24,41H2,1-3H3,(H2,42,47)(H,44,48)(H,45,49)(H,51,52)/t31-,32-,33-,34-,35-/m1/s1. The summed E-state index contributed by atoms with van der Waals surface area (Å²) in [5, 5.41) is 19.1. The highest BCUT2D eigenvalue weighted by molar-refractivity contribution is 5.95. The Morgan fingerprint density at radius 3 is 1.65 bits per heavy atom. The van der Waals surface area contributed by atoms with Crippen molar-refractivity contribution >= 4 is 35.3 Å². The number of carboxylic acid groups (broad SMARTS) is 1. The fourth-order valence-electron chi connectivity index (χ4n) is 8.61. The first-order chi connectivity index (χ1) is 24.8. The largest absolute Gasteiger partial charge is 0.480 e. The number of nitrogens with two attached hydrogens (primary N) is 2. The number of primary amides is 1. The van der Waals surface area contributed by atoms with Gasteiger partial charge in [0.1, 0.15) is 24.2 Å².